The molecule has 0 saturated heterocycles. The zero-order valence-corrected chi connectivity index (χ0v) is 13.4. The first-order chi connectivity index (χ1) is 10.1. The fraction of sp³-hybridized carbons (Fsp3) is 0.375. The van der Waals surface area contributed by atoms with Crippen LogP contribution in [0, 0.1) is 0 Å². The molecule has 0 bridgehead atoms. The van der Waals surface area contributed by atoms with E-state index in [0.29, 0.717) is 12.2 Å². The third kappa shape index (κ3) is 4.04. The van der Waals surface area contributed by atoms with Gasteiger partial charge in [-0.25, -0.2) is 4.98 Å². The molecule has 0 saturated carbocycles. The zero-order valence-electron chi connectivity index (χ0n) is 12.6. The van der Waals surface area contributed by atoms with Crippen LogP contribution in [0.1, 0.15) is 47.9 Å². The number of thiazole rings is 1. The molecular weight excluding hydrogens is 284 g/mol. The van der Waals surface area contributed by atoms with Crippen LogP contribution in [-0.2, 0) is 6.42 Å². The number of hydrogen-bond donors (Lipinski definition) is 1. The van der Waals surface area contributed by atoms with Gasteiger partial charge in [-0.2, -0.15) is 0 Å². The minimum absolute atomic E-state index is 0.0966. The van der Waals surface area contributed by atoms with Crippen LogP contribution < -0.4 is 10.1 Å². The predicted molar refractivity (Wildman–Crippen MR) is 85.0 cm³/mol. The molecule has 0 aliphatic heterocycles. The fourth-order valence-electron chi connectivity index (χ4n) is 1.91. The molecule has 1 amide bonds. The lowest BCUT2D eigenvalue weighted by atomic mass is 10.2. The number of carbonyl (C=O) groups is 1. The van der Waals surface area contributed by atoms with E-state index in [2.05, 4.69) is 17.2 Å². The summed E-state index contributed by atoms with van der Waals surface area (Å²) in [4.78, 5) is 16.7. The van der Waals surface area contributed by atoms with E-state index in [0.717, 1.165) is 22.9 Å². The molecule has 0 fully saturated rings. The smallest absolute Gasteiger partial charge is 0.251 e. The predicted octanol–water partition coefficient (Wildman–Crippen LogP) is 3.60. The topological polar surface area (TPSA) is 51.2 Å². The van der Waals surface area contributed by atoms with Crippen LogP contribution in [0.5, 0.6) is 5.75 Å². The van der Waals surface area contributed by atoms with E-state index in [1.807, 2.05) is 19.2 Å². The van der Waals surface area contributed by atoms with Crippen LogP contribution in [0.15, 0.2) is 29.6 Å². The first-order valence-corrected chi connectivity index (χ1v) is 8.00. The lowest BCUT2D eigenvalue weighted by Gasteiger charge is -2.12. The average molecular weight is 304 g/mol. The standard InChI is InChI=1S/C16H20N2O2S/c1-4-15-18-14(10-21-15)11(3)17-16(19)12-6-8-13(9-7-12)20-5-2/h6-11H,4-5H2,1-3H3,(H,17,19). The van der Waals surface area contributed by atoms with E-state index in [1.54, 1.807) is 35.6 Å². The van der Waals surface area contributed by atoms with Crippen molar-refractivity contribution in [3.63, 3.8) is 0 Å². The second kappa shape index (κ2) is 7.22. The van der Waals surface area contributed by atoms with Gasteiger partial charge >= 0.3 is 0 Å². The number of nitrogens with one attached hydrogen (secondary N) is 1. The van der Waals surface area contributed by atoms with Gasteiger partial charge in [0.05, 0.1) is 23.4 Å². The van der Waals surface area contributed by atoms with E-state index < -0.39 is 0 Å². The molecule has 0 aliphatic rings. The van der Waals surface area contributed by atoms with E-state index in [1.165, 1.54) is 0 Å². The maximum atomic E-state index is 12.2. The van der Waals surface area contributed by atoms with E-state index in [9.17, 15) is 4.79 Å². The third-order valence-corrected chi connectivity index (χ3v) is 4.10. The van der Waals surface area contributed by atoms with Gasteiger partial charge in [-0.05, 0) is 44.5 Å². The van der Waals surface area contributed by atoms with E-state index in [-0.39, 0.29) is 11.9 Å². The number of aryl methyl sites for hydroxylation is 1. The van der Waals surface area contributed by atoms with Gasteiger partial charge in [-0.3, -0.25) is 4.79 Å². The largest absolute Gasteiger partial charge is 0.494 e. The van der Waals surface area contributed by atoms with Crippen molar-refractivity contribution < 1.29 is 9.53 Å². The minimum Gasteiger partial charge on any atom is -0.494 e. The molecule has 0 spiro atoms. The van der Waals surface area contributed by atoms with Crippen LogP contribution in [0.2, 0.25) is 0 Å². The summed E-state index contributed by atoms with van der Waals surface area (Å²) >= 11 is 1.63. The van der Waals surface area contributed by atoms with Crippen LogP contribution >= 0.6 is 11.3 Å². The van der Waals surface area contributed by atoms with Gasteiger partial charge in [-0.1, -0.05) is 6.92 Å². The second-order valence-electron chi connectivity index (χ2n) is 4.67. The Kier molecular flexibility index (Phi) is 5.33. The van der Waals surface area contributed by atoms with Crippen molar-refractivity contribution >= 4 is 17.2 Å². The highest BCUT2D eigenvalue weighted by Crippen LogP contribution is 2.18. The van der Waals surface area contributed by atoms with Crippen LogP contribution in [0.3, 0.4) is 0 Å². The summed E-state index contributed by atoms with van der Waals surface area (Å²) in [5.41, 5.74) is 1.53. The van der Waals surface area contributed by atoms with Crippen molar-refractivity contribution in [1.82, 2.24) is 10.3 Å². The van der Waals surface area contributed by atoms with Crippen LogP contribution in [0.25, 0.3) is 0 Å². The number of hydrogen-bond acceptors (Lipinski definition) is 4. The highest BCUT2D eigenvalue weighted by Gasteiger charge is 2.14. The van der Waals surface area contributed by atoms with Crippen molar-refractivity contribution in [1.29, 1.82) is 0 Å². The molecule has 2 rings (SSSR count). The number of benzene rings is 1. The summed E-state index contributed by atoms with van der Waals surface area (Å²) in [6.07, 6.45) is 0.921. The maximum absolute atomic E-state index is 12.2. The summed E-state index contributed by atoms with van der Waals surface area (Å²) in [5, 5.41) is 6.06. The summed E-state index contributed by atoms with van der Waals surface area (Å²) in [6, 6.07) is 7.06. The molecule has 21 heavy (non-hydrogen) atoms. The molecule has 1 heterocycles. The van der Waals surface area contributed by atoms with Gasteiger partial charge < -0.3 is 10.1 Å². The monoisotopic (exact) mass is 304 g/mol. The van der Waals surface area contributed by atoms with Gasteiger partial charge in [0.15, 0.2) is 0 Å². The van der Waals surface area contributed by atoms with Gasteiger partial charge in [-0.15, -0.1) is 11.3 Å². The van der Waals surface area contributed by atoms with E-state index >= 15 is 0 Å². The number of carbonyl (C=O) groups excluding carboxylic acids is 1. The Labute approximate surface area is 129 Å². The van der Waals surface area contributed by atoms with Gasteiger partial charge in [0, 0.05) is 10.9 Å². The number of amides is 1. The minimum atomic E-state index is -0.100. The number of ether oxygens (including phenoxy) is 1. The highest BCUT2D eigenvalue weighted by atomic mass is 32.1. The fourth-order valence-corrected chi connectivity index (χ4v) is 2.75. The average Bonchev–Trinajstić information content (AvgIpc) is 2.97. The molecule has 1 atom stereocenters. The Balaban J connectivity index is 1.99. The molecule has 1 aromatic heterocycles. The van der Waals surface area contributed by atoms with Gasteiger partial charge in [0.2, 0.25) is 0 Å². The quantitative estimate of drug-likeness (QED) is 0.887. The van der Waals surface area contributed by atoms with Crippen molar-refractivity contribution in [2.75, 3.05) is 6.61 Å². The highest BCUT2D eigenvalue weighted by molar-refractivity contribution is 7.09. The zero-order chi connectivity index (χ0) is 15.2. The van der Waals surface area contributed by atoms with Gasteiger partial charge in [0.25, 0.3) is 5.91 Å². The third-order valence-electron chi connectivity index (χ3n) is 3.09. The Morgan fingerprint density at radius 2 is 2.05 bits per heavy atom. The number of aromatic nitrogens is 1. The molecule has 0 aliphatic carbocycles. The second-order valence-corrected chi connectivity index (χ2v) is 5.61. The lowest BCUT2D eigenvalue weighted by Crippen LogP contribution is -2.26. The van der Waals surface area contributed by atoms with Crippen molar-refractivity contribution in [3.05, 3.63) is 45.9 Å². The van der Waals surface area contributed by atoms with Crippen molar-refractivity contribution in [2.24, 2.45) is 0 Å². The first kappa shape index (κ1) is 15.5. The van der Waals surface area contributed by atoms with Crippen LogP contribution in [0.4, 0.5) is 0 Å². The maximum Gasteiger partial charge on any atom is 0.251 e. The Bertz CT molecular complexity index is 593. The molecular formula is C16H20N2O2S. The molecule has 2 aromatic rings. The van der Waals surface area contributed by atoms with Gasteiger partial charge in [0.1, 0.15) is 5.75 Å². The Morgan fingerprint density at radius 1 is 1.33 bits per heavy atom. The molecule has 4 nitrogen and oxygen atoms in total. The first-order valence-electron chi connectivity index (χ1n) is 7.12. The molecule has 1 unspecified atom stereocenters. The number of rotatable bonds is 6. The Hall–Kier alpha value is -1.88. The summed E-state index contributed by atoms with van der Waals surface area (Å²) in [5.74, 6) is 0.672. The van der Waals surface area contributed by atoms with Crippen molar-refractivity contribution in [2.45, 2.75) is 33.2 Å². The molecule has 1 N–H and O–H groups in total. The molecule has 0 radical (unpaired) electrons. The number of nitrogens with zero attached hydrogens (tertiary/aromatic N) is 1. The molecule has 1 aromatic carbocycles. The molecule has 112 valence electrons. The summed E-state index contributed by atoms with van der Waals surface area (Å²) in [7, 11) is 0. The Morgan fingerprint density at radius 3 is 2.62 bits per heavy atom. The lowest BCUT2D eigenvalue weighted by molar-refractivity contribution is 0.0939. The van der Waals surface area contributed by atoms with Crippen molar-refractivity contribution in [3.8, 4) is 5.75 Å². The van der Waals surface area contributed by atoms with Crippen LogP contribution in [-0.4, -0.2) is 17.5 Å². The molecule has 5 heteroatoms. The summed E-state index contributed by atoms with van der Waals surface area (Å²) < 4.78 is 5.37. The SMILES string of the molecule is CCOc1ccc(C(=O)NC(C)c2csc(CC)n2)cc1. The summed E-state index contributed by atoms with van der Waals surface area (Å²) in [6.45, 7) is 6.57. The van der Waals surface area contributed by atoms with E-state index in [4.69, 9.17) is 4.74 Å². The normalized spacial score (nSPS) is 12.0.